The normalized spacial score (nSPS) is 16.9. The number of fused-ring (bicyclic) bond motifs is 1. The Labute approximate surface area is 108 Å². The number of benzene rings is 1. The number of aryl methyl sites for hydroxylation is 1. The zero-order valence-electron chi connectivity index (χ0n) is 10.1. The van der Waals surface area contributed by atoms with Crippen molar-refractivity contribution in [3.8, 4) is 11.3 Å². The number of hydrogen-bond acceptors (Lipinski definition) is 2. The van der Waals surface area contributed by atoms with Crippen molar-refractivity contribution in [1.29, 1.82) is 0 Å². The van der Waals surface area contributed by atoms with Crippen molar-refractivity contribution in [3.05, 3.63) is 41.1 Å². The minimum absolute atomic E-state index is 0.133. The number of nitrogens with one attached hydrogen (secondary N) is 1. The monoisotopic (exact) mass is 262 g/mol. The van der Waals surface area contributed by atoms with Gasteiger partial charge in [-0.15, -0.1) is 0 Å². The Bertz CT molecular complexity index is 617. The van der Waals surface area contributed by atoms with Crippen LogP contribution in [0.2, 0.25) is 0 Å². The Balaban J connectivity index is 2.02. The van der Waals surface area contributed by atoms with Crippen LogP contribution in [0.15, 0.2) is 24.3 Å². The maximum atomic E-state index is 13.5. The maximum absolute atomic E-state index is 13.5. The first kappa shape index (κ1) is 12.0. The van der Waals surface area contributed by atoms with Crippen LogP contribution in [-0.4, -0.2) is 22.4 Å². The SMILES string of the molecule is O=Cc1ccc(-c2n[nH]c3c2CC(F)(F)CC3)cc1. The van der Waals surface area contributed by atoms with Gasteiger partial charge in [0, 0.05) is 35.2 Å². The van der Waals surface area contributed by atoms with E-state index in [0.717, 1.165) is 17.5 Å². The zero-order valence-corrected chi connectivity index (χ0v) is 10.1. The van der Waals surface area contributed by atoms with E-state index >= 15 is 0 Å². The van der Waals surface area contributed by atoms with Gasteiger partial charge in [0.25, 0.3) is 5.92 Å². The number of hydrogen-bond donors (Lipinski definition) is 1. The molecule has 0 radical (unpaired) electrons. The van der Waals surface area contributed by atoms with Crippen LogP contribution in [-0.2, 0) is 12.8 Å². The molecule has 98 valence electrons. The Morgan fingerprint density at radius 3 is 2.68 bits per heavy atom. The smallest absolute Gasteiger partial charge is 0.252 e. The van der Waals surface area contributed by atoms with E-state index in [1.807, 2.05) is 0 Å². The molecule has 0 atom stereocenters. The number of halogens is 2. The molecule has 1 aromatic carbocycles. The highest BCUT2D eigenvalue weighted by Crippen LogP contribution is 2.36. The fraction of sp³-hybridized carbons (Fsp3) is 0.286. The molecule has 0 fully saturated rings. The first-order chi connectivity index (χ1) is 9.09. The quantitative estimate of drug-likeness (QED) is 0.845. The summed E-state index contributed by atoms with van der Waals surface area (Å²) in [6, 6.07) is 6.77. The Morgan fingerprint density at radius 2 is 2.00 bits per heavy atom. The van der Waals surface area contributed by atoms with E-state index < -0.39 is 5.92 Å². The molecule has 1 aliphatic rings. The number of carbonyl (C=O) groups is 1. The number of aromatic nitrogens is 2. The maximum Gasteiger partial charge on any atom is 0.252 e. The van der Waals surface area contributed by atoms with Crippen molar-refractivity contribution >= 4 is 6.29 Å². The van der Waals surface area contributed by atoms with Crippen molar-refractivity contribution in [2.45, 2.75) is 25.2 Å². The lowest BCUT2D eigenvalue weighted by Crippen LogP contribution is -2.25. The summed E-state index contributed by atoms with van der Waals surface area (Å²) < 4.78 is 27.0. The number of aldehydes is 1. The lowest BCUT2D eigenvalue weighted by atomic mass is 9.91. The molecule has 19 heavy (non-hydrogen) atoms. The van der Waals surface area contributed by atoms with Gasteiger partial charge in [-0.3, -0.25) is 9.89 Å². The molecule has 3 rings (SSSR count). The van der Waals surface area contributed by atoms with Gasteiger partial charge in [0.05, 0.1) is 5.69 Å². The van der Waals surface area contributed by atoms with Gasteiger partial charge in [-0.25, -0.2) is 8.78 Å². The van der Waals surface area contributed by atoms with Gasteiger partial charge in [-0.05, 0) is 6.42 Å². The molecule has 3 nitrogen and oxygen atoms in total. The summed E-state index contributed by atoms with van der Waals surface area (Å²) in [5, 5.41) is 6.98. The molecule has 1 aromatic heterocycles. The van der Waals surface area contributed by atoms with E-state index in [1.165, 1.54) is 0 Å². The van der Waals surface area contributed by atoms with Gasteiger partial charge in [-0.2, -0.15) is 5.10 Å². The van der Waals surface area contributed by atoms with E-state index in [9.17, 15) is 13.6 Å². The molecular formula is C14H12F2N2O. The van der Waals surface area contributed by atoms with Gasteiger partial charge in [0.1, 0.15) is 6.29 Å². The van der Waals surface area contributed by atoms with Crippen LogP contribution < -0.4 is 0 Å². The molecule has 2 aromatic rings. The summed E-state index contributed by atoms with van der Waals surface area (Å²) in [4.78, 5) is 10.6. The summed E-state index contributed by atoms with van der Waals surface area (Å²) in [5.74, 6) is -2.66. The second kappa shape index (κ2) is 4.26. The molecule has 1 N–H and O–H groups in total. The largest absolute Gasteiger partial charge is 0.298 e. The summed E-state index contributed by atoms with van der Waals surface area (Å²) in [6.45, 7) is 0. The van der Waals surface area contributed by atoms with E-state index in [2.05, 4.69) is 10.2 Å². The van der Waals surface area contributed by atoms with E-state index in [1.54, 1.807) is 24.3 Å². The van der Waals surface area contributed by atoms with Crippen molar-refractivity contribution in [1.82, 2.24) is 10.2 Å². The standard InChI is InChI=1S/C14H12F2N2O/c15-14(16)6-5-12-11(7-14)13(18-17-12)10-3-1-9(8-19)2-4-10/h1-4,8H,5-7H2,(H,17,18). The fourth-order valence-corrected chi connectivity index (χ4v) is 2.41. The molecule has 0 aliphatic heterocycles. The average molecular weight is 262 g/mol. The second-order valence-corrected chi connectivity index (χ2v) is 4.80. The van der Waals surface area contributed by atoms with Crippen molar-refractivity contribution in [2.75, 3.05) is 0 Å². The second-order valence-electron chi connectivity index (χ2n) is 4.80. The molecule has 1 aliphatic carbocycles. The van der Waals surface area contributed by atoms with Crippen LogP contribution in [0.1, 0.15) is 28.0 Å². The number of aromatic amines is 1. The van der Waals surface area contributed by atoms with Crippen LogP contribution >= 0.6 is 0 Å². The van der Waals surface area contributed by atoms with Gasteiger partial charge < -0.3 is 0 Å². The van der Waals surface area contributed by atoms with E-state index in [-0.39, 0.29) is 12.8 Å². The third kappa shape index (κ3) is 2.16. The molecular weight excluding hydrogens is 250 g/mol. The highest BCUT2D eigenvalue weighted by molar-refractivity contribution is 5.77. The Hall–Kier alpha value is -2.04. The molecule has 1 heterocycles. The lowest BCUT2D eigenvalue weighted by molar-refractivity contribution is -0.0123. The summed E-state index contributed by atoms with van der Waals surface area (Å²) in [5.41, 5.74) is 3.25. The van der Waals surface area contributed by atoms with Crippen molar-refractivity contribution < 1.29 is 13.6 Å². The number of nitrogens with zero attached hydrogens (tertiary/aromatic N) is 1. The lowest BCUT2D eigenvalue weighted by Gasteiger charge is -2.21. The highest BCUT2D eigenvalue weighted by atomic mass is 19.3. The molecule has 5 heteroatoms. The van der Waals surface area contributed by atoms with Gasteiger partial charge in [-0.1, -0.05) is 24.3 Å². The van der Waals surface area contributed by atoms with Gasteiger partial charge in [0.2, 0.25) is 0 Å². The topological polar surface area (TPSA) is 45.8 Å². The molecule has 0 amide bonds. The average Bonchev–Trinajstić information content (AvgIpc) is 2.80. The summed E-state index contributed by atoms with van der Waals surface area (Å²) in [7, 11) is 0. The Morgan fingerprint density at radius 1 is 1.26 bits per heavy atom. The predicted molar refractivity (Wildman–Crippen MR) is 66.4 cm³/mol. The number of carbonyl (C=O) groups excluding carboxylic acids is 1. The minimum Gasteiger partial charge on any atom is -0.298 e. The zero-order chi connectivity index (χ0) is 13.5. The summed E-state index contributed by atoms with van der Waals surface area (Å²) >= 11 is 0. The molecule has 0 saturated heterocycles. The van der Waals surface area contributed by atoms with Gasteiger partial charge in [0.15, 0.2) is 0 Å². The first-order valence-electron chi connectivity index (χ1n) is 6.09. The number of rotatable bonds is 2. The highest BCUT2D eigenvalue weighted by Gasteiger charge is 2.36. The molecule has 0 unspecified atom stereocenters. The third-order valence-electron chi connectivity index (χ3n) is 3.45. The van der Waals surface area contributed by atoms with Crippen molar-refractivity contribution in [2.24, 2.45) is 0 Å². The van der Waals surface area contributed by atoms with Crippen LogP contribution in [0.25, 0.3) is 11.3 Å². The van der Waals surface area contributed by atoms with E-state index in [4.69, 9.17) is 0 Å². The van der Waals surface area contributed by atoms with Crippen LogP contribution in [0, 0.1) is 0 Å². The Kier molecular flexibility index (Phi) is 2.69. The van der Waals surface area contributed by atoms with Gasteiger partial charge >= 0.3 is 0 Å². The van der Waals surface area contributed by atoms with E-state index in [0.29, 0.717) is 23.2 Å². The van der Waals surface area contributed by atoms with Crippen LogP contribution in [0.3, 0.4) is 0 Å². The molecule has 0 spiro atoms. The minimum atomic E-state index is -2.66. The first-order valence-corrected chi connectivity index (χ1v) is 6.09. The fourth-order valence-electron chi connectivity index (χ4n) is 2.41. The molecule has 0 saturated carbocycles. The summed E-state index contributed by atoms with van der Waals surface area (Å²) in [6.07, 6.45) is 0.662. The number of H-pyrrole nitrogens is 1. The van der Waals surface area contributed by atoms with Crippen molar-refractivity contribution in [3.63, 3.8) is 0 Å². The predicted octanol–water partition coefficient (Wildman–Crippen LogP) is 3.01. The van der Waals surface area contributed by atoms with Crippen LogP contribution in [0.4, 0.5) is 8.78 Å². The molecule has 0 bridgehead atoms. The van der Waals surface area contributed by atoms with Crippen LogP contribution in [0.5, 0.6) is 0 Å². The number of alkyl halides is 2. The third-order valence-corrected chi connectivity index (χ3v) is 3.45.